The van der Waals surface area contributed by atoms with E-state index in [0.717, 1.165) is 17.5 Å². The van der Waals surface area contributed by atoms with Crippen molar-refractivity contribution in [2.75, 3.05) is 6.54 Å². The highest BCUT2D eigenvalue weighted by Gasteiger charge is 2.38. The maximum atomic E-state index is 11.5. The SMILES string of the molecule is CCCCNC(=O)OC(n1cncn1)C(Cl)(Cl)Cl. The van der Waals surface area contributed by atoms with Gasteiger partial charge in [0.25, 0.3) is 0 Å². The van der Waals surface area contributed by atoms with Gasteiger partial charge in [-0.25, -0.2) is 14.5 Å². The van der Waals surface area contributed by atoms with Crippen molar-refractivity contribution in [3.63, 3.8) is 0 Å². The van der Waals surface area contributed by atoms with Gasteiger partial charge >= 0.3 is 6.09 Å². The molecule has 1 rings (SSSR count). The van der Waals surface area contributed by atoms with E-state index in [9.17, 15) is 4.79 Å². The zero-order chi connectivity index (χ0) is 13.6. The second-order valence-corrected chi connectivity index (χ2v) is 5.82. The van der Waals surface area contributed by atoms with E-state index in [0.29, 0.717) is 6.54 Å². The van der Waals surface area contributed by atoms with Crippen LogP contribution in [0.3, 0.4) is 0 Å². The van der Waals surface area contributed by atoms with Crippen LogP contribution in [0.25, 0.3) is 0 Å². The van der Waals surface area contributed by atoms with E-state index in [2.05, 4.69) is 15.4 Å². The molecule has 0 aliphatic heterocycles. The van der Waals surface area contributed by atoms with Gasteiger partial charge in [0.05, 0.1) is 0 Å². The maximum Gasteiger partial charge on any atom is 0.409 e. The van der Waals surface area contributed by atoms with E-state index in [-0.39, 0.29) is 0 Å². The molecule has 6 nitrogen and oxygen atoms in total. The fourth-order valence-corrected chi connectivity index (χ4v) is 1.55. The number of alkyl carbamates (subject to hydrolysis) is 1. The van der Waals surface area contributed by atoms with Crippen LogP contribution < -0.4 is 5.32 Å². The standard InChI is InChI=1S/C9H13Cl3N4O2/c1-2-3-4-14-8(17)18-7(9(10,11)12)16-6-13-5-15-16/h5-7H,2-4H2,1H3,(H,14,17). The highest BCUT2D eigenvalue weighted by molar-refractivity contribution is 6.67. The zero-order valence-corrected chi connectivity index (χ0v) is 11.9. The Morgan fingerprint density at radius 3 is 2.78 bits per heavy atom. The minimum atomic E-state index is -1.84. The third-order valence-corrected chi connectivity index (χ3v) is 2.54. The van der Waals surface area contributed by atoms with Crippen LogP contribution in [0.5, 0.6) is 0 Å². The predicted octanol–water partition coefficient (Wildman–Crippen LogP) is 2.67. The van der Waals surface area contributed by atoms with Crippen LogP contribution in [-0.2, 0) is 4.74 Å². The van der Waals surface area contributed by atoms with Crippen molar-refractivity contribution in [1.29, 1.82) is 0 Å². The van der Waals surface area contributed by atoms with E-state index in [1.54, 1.807) is 0 Å². The first-order valence-electron chi connectivity index (χ1n) is 5.30. The van der Waals surface area contributed by atoms with Crippen molar-refractivity contribution in [2.24, 2.45) is 0 Å². The Balaban J connectivity index is 2.61. The second kappa shape index (κ2) is 7.01. The molecule has 0 saturated carbocycles. The number of alkyl halides is 3. The lowest BCUT2D eigenvalue weighted by molar-refractivity contribution is 0.0496. The molecule has 0 spiro atoms. The summed E-state index contributed by atoms with van der Waals surface area (Å²) in [5, 5.41) is 6.33. The lowest BCUT2D eigenvalue weighted by Gasteiger charge is -2.24. The molecule has 1 N–H and O–H groups in total. The number of rotatable bonds is 5. The molecule has 102 valence electrons. The fourth-order valence-electron chi connectivity index (χ4n) is 1.12. The molecule has 0 aliphatic carbocycles. The number of hydrogen-bond acceptors (Lipinski definition) is 4. The summed E-state index contributed by atoms with van der Waals surface area (Å²) in [7, 11) is 0. The number of halogens is 3. The van der Waals surface area contributed by atoms with E-state index < -0.39 is 16.1 Å². The van der Waals surface area contributed by atoms with Crippen molar-refractivity contribution < 1.29 is 9.53 Å². The van der Waals surface area contributed by atoms with Gasteiger partial charge in [0.15, 0.2) is 0 Å². The summed E-state index contributed by atoms with van der Waals surface area (Å²) in [6, 6.07) is 0. The molecule has 0 aromatic carbocycles. The zero-order valence-electron chi connectivity index (χ0n) is 9.65. The van der Waals surface area contributed by atoms with Crippen molar-refractivity contribution in [2.45, 2.75) is 29.8 Å². The maximum absolute atomic E-state index is 11.5. The molecule has 1 amide bonds. The van der Waals surface area contributed by atoms with Crippen molar-refractivity contribution in [3.05, 3.63) is 12.7 Å². The van der Waals surface area contributed by atoms with Crippen molar-refractivity contribution in [3.8, 4) is 0 Å². The van der Waals surface area contributed by atoms with Crippen LogP contribution in [-0.4, -0.2) is 31.2 Å². The molecule has 1 atom stereocenters. The normalized spacial score (nSPS) is 13.1. The molecule has 18 heavy (non-hydrogen) atoms. The number of nitrogens with zero attached hydrogens (tertiary/aromatic N) is 3. The van der Waals surface area contributed by atoms with E-state index in [1.165, 1.54) is 12.7 Å². The number of nitrogens with one attached hydrogen (secondary N) is 1. The number of unbranched alkanes of at least 4 members (excludes halogenated alkanes) is 1. The van der Waals surface area contributed by atoms with Crippen LogP contribution >= 0.6 is 34.8 Å². The molecule has 0 fully saturated rings. The third-order valence-electron chi connectivity index (χ3n) is 1.98. The minimum absolute atomic E-state index is 0.499. The number of aromatic nitrogens is 3. The smallest absolute Gasteiger partial charge is 0.409 e. The number of carbonyl (C=O) groups excluding carboxylic acids is 1. The van der Waals surface area contributed by atoms with Crippen LogP contribution in [0.15, 0.2) is 12.7 Å². The highest BCUT2D eigenvalue weighted by atomic mass is 35.6. The van der Waals surface area contributed by atoms with Gasteiger partial charge in [0.2, 0.25) is 10.0 Å². The van der Waals surface area contributed by atoms with Crippen LogP contribution in [0, 0.1) is 0 Å². The highest BCUT2D eigenvalue weighted by Crippen LogP contribution is 2.38. The molecule has 1 aromatic heterocycles. The summed E-state index contributed by atoms with van der Waals surface area (Å²) >= 11 is 17.2. The van der Waals surface area contributed by atoms with E-state index >= 15 is 0 Å². The van der Waals surface area contributed by atoms with E-state index in [1.807, 2.05) is 6.92 Å². The topological polar surface area (TPSA) is 69.0 Å². The average Bonchev–Trinajstić information content (AvgIpc) is 2.77. The van der Waals surface area contributed by atoms with Crippen LogP contribution in [0.4, 0.5) is 4.79 Å². The van der Waals surface area contributed by atoms with Gasteiger partial charge in [-0.1, -0.05) is 48.1 Å². The Kier molecular flexibility index (Phi) is 5.98. The lowest BCUT2D eigenvalue weighted by Crippen LogP contribution is -2.34. The molecule has 1 aromatic rings. The molecule has 0 radical (unpaired) electrons. The number of carbonyl (C=O) groups is 1. The second-order valence-electron chi connectivity index (χ2n) is 3.46. The van der Waals surface area contributed by atoms with Gasteiger partial charge in [-0.15, -0.1) is 0 Å². The molecular weight excluding hydrogens is 302 g/mol. The molecule has 1 unspecified atom stereocenters. The third kappa shape index (κ3) is 4.88. The Bertz CT molecular complexity index is 366. The van der Waals surface area contributed by atoms with Crippen molar-refractivity contribution in [1.82, 2.24) is 20.1 Å². The summed E-state index contributed by atoms with van der Waals surface area (Å²) in [6.45, 7) is 2.51. The number of hydrogen-bond donors (Lipinski definition) is 1. The first kappa shape index (κ1) is 15.3. The van der Waals surface area contributed by atoms with Crippen molar-refractivity contribution >= 4 is 40.9 Å². The van der Waals surface area contributed by atoms with Gasteiger partial charge in [-0.3, -0.25) is 0 Å². The lowest BCUT2D eigenvalue weighted by atomic mass is 10.3. The Hall–Kier alpha value is -0.720. The quantitative estimate of drug-likeness (QED) is 0.670. The Labute approximate surface area is 120 Å². The van der Waals surface area contributed by atoms with Crippen LogP contribution in [0.2, 0.25) is 0 Å². The number of amides is 1. The molecular formula is C9H13Cl3N4O2. The van der Waals surface area contributed by atoms with Gasteiger partial charge in [0, 0.05) is 6.54 Å². The summed E-state index contributed by atoms with van der Waals surface area (Å²) in [6.07, 6.45) is 2.50. The Morgan fingerprint density at radius 1 is 1.56 bits per heavy atom. The average molecular weight is 316 g/mol. The molecule has 1 heterocycles. The molecule has 0 saturated heterocycles. The monoisotopic (exact) mass is 314 g/mol. The first-order chi connectivity index (χ1) is 8.45. The van der Waals surface area contributed by atoms with Gasteiger partial charge in [0.1, 0.15) is 12.7 Å². The van der Waals surface area contributed by atoms with Gasteiger partial charge in [-0.2, -0.15) is 5.10 Å². The fraction of sp³-hybridized carbons (Fsp3) is 0.667. The minimum Gasteiger partial charge on any atom is -0.419 e. The van der Waals surface area contributed by atoms with Gasteiger partial charge < -0.3 is 10.1 Å². The number of ether oxygens (including phenoxy) is 1. The summed E-state index contributed by atoms with van der Waals surface area (Å²) in [4.78, 5) is 15.2. The molecule has 0 aliphatic rings. The largest absolute Gasteiger partial charge is 0.419 e. The summed E-state index contributed by atoms with van der Waals surface area (Å²) < 4.78 is 4.34. The first-order valence-corrected chi connectivity index (χ1v) is 6.44. The molecule has 0 bridgehead atoms. The predicted molar refractivity (Wildman–Crippen MR) is 68.7 cm³/mol. The summed E-state index contributed by atoms with van der Waals surface area (Å²) in [5.74, 6) is 0. The van der Waals surface area contributed by atoms with E-state index in [4.69, 9.17) is 39.5 Å². The molecule has 9 heteroatoms. The Morgan fingerprint density at radius 2 is 2.28 bits per heavy atom. The van der Waals surface area contributed by atoms with Crippen LogP contribution in [0.1, 0.15) is 26.0 Å². The summed E-state index contributed by atoms with van der Waals surface area (Å²) in [5.41, 5.74) is 0. The van der Waals surface area contributed by atoms with Gasteiger partial charge in [-0.05, 0) is 6.42 Å².